The first-order valence-corrected chi connectivity index (χ1v) is 9.18. The molecule has 3 aromatic rings. The number of benzene rings is 1. The fourth-order valence-corrected chi connectivity index (χ4v) is 3.07. The topological polar surface area (TPSA) is 67.5 Å². The second kappa shape index (κ2) is 8.18. The highest BCUT2D eigenvalue weighted by molar-refractivity contribution is 5.54. The number of hydrogen-bond acceptors (Lipinski definition) is 7. The van der Waals surface area contributed by atoms with Gasteiger partial charge >= 0.3 is 0 Å². The lowest BCUT2D eigenvalue weighted by Gasteiger charge is -2.21. The van der Waals surface area contributed by atoms with E-state index in [9.17, 15) is 0 Å². The predicted molar refractivity (Wildman–Crippen MR) is 103 cm³/mol. The standard InChI is InChI=1S/C20H23N5O2/c1-24-10-5-11-25(13-12-24)19-9-8-16(14-21-19)20-22-18(23-27-20)15-26-17-6-3-2-4-7-17/h2-4,6-9,14H,5,10-13,15H2,1H3. The number of hydrogen-bond donors (Lipinski definition) is 0. The number of pyridine rings is 1. The molecule has 0 bridgehead atoms. The monoisotopic (exact) mass is 365 g/mol. The summed E-state index contributed by atoms with van der Waals surface area (Å²) in [6.07, 6.45) is 2.94. The number of para-hydroxylation sites is 1. The van der Waals surface area contributed by atoms with Crippen LogP contribution in [-0.4, -0.2) is 53.3 Å². The zero-order valence-corrected chi connectivity index (χ0v) is 15.4. The third-order valence-corrected chi connectivity index (χ3v) is 4.62. The van der Waals surface area contributed by atoms with Crippen LogP contribution in [0.3, 0.4) is 0 Å². The molecule has 7 nitrogen and oxygen atoms in total. The zero-order chi connectivity index (χ0) is 18.5. The van der Waals surface area contributed by atoms with Crippen molar-refractivity contribution in [1.29, 1.82) is 0 Å². The number of nitrogens with zero attached hydrogens (tertiary/aromatic N) is 5. The van der Waals surface area contributed by atoms with Crippen molar-refractivity contribution in [3.05, 3.63) is 54.5 Å². The van der Waals surface area contributed by atoms with Gasteiger partial charge in [0, 0.05) is 25.8 Å². The van der Waals surface area contributed by atoms with E-state index in [1.165, 1.54) is 0 Å². The molecule has 7 heteroatoms. The molecule has 1 aromatic carbocycles. The number of likely N-dealkylation sites (N-methyl/N-ethyl adjacent to an activating group) is 1. The molecule has 1 saturated heterocycles. The van der Waals surface area contributed by atoms with Crippen LogP contribution in [0.25, 0.3) is 11.5 Å². The van der Waals surface area contributed by atoms with Gasteiger partial charge < -0.3 is 19.1 Å². The molecular formula is C20H23N5O2. The molecular weight excluding hydrogens is 342 g/mol. The Morgan fingerprint density at radius 3 is 2.74 bits per heavy atom. The average Bonchev–Trinajstić information content (AvgIpc) is 3.08. The summed E-state index contributed by atoms with van der Waals surface area (Å²) in [6.45, 7) is 4.46. The summed E-state index contributed by atoms with van der Waals surface area (Å²) in [5, 5.41) is 3.99. The van der Waals surface area contributed by atoms with Crippen LogP contribution in [0.2, 0.25) is 0 Å². The molecule has 140 valence electrons. The highest BCUT2D eigenvalue weighted by atomic mass is 16.5. The van der Waals surface area contributed by atoms with Crippen molar-refractivity contribution in [2.75, 3.05) is 38.1 Å². The third-order valence-electron chi connectivity index (χ3n) is 4.62. The average molecular weight is 365 g/mol. The summed E-state index contributed by atoms with van der Waals surface area (Å²) in [7, 11) is 2.16. The van der Waals surface area contributed by atoms with Crippen LogP contribution in [-0.2, 0) is 6.61 Å². The van der Waals surface area contributed by atoms with Gasteiger partial charge in [-0.05, 0) is 44.3 Å². The molecule has 1 fully saturated rings. The molecule has 0 radical (unpaired) electrons. The van der Waals surface area contributed by atoms with Crippen molar-refractivity contribution < 1.29 is 9.26 Å². The van der Waals surface area contributed by atoms with Gasteiger partial charge in [0.25, 0.3) is 5.89 Å². The minimum absolute atomic E-state index is 0.264. The summed E-state index contributed by atoms with van der Waals surface area (Å²) >= 11 is 0. The SMILES string of the molecule is CN1CCCN(c2ccc(-c3nc(COc4ccccc4)no3)cn2)CC1. The Bertz CT molecular complexity index is 850. The van der Waals surface area contributed by atoms with Crippen molar-refractivity contribution in [2.45, 2.75) is 13.0 Å². The quantitative estimate of drug-likeness (QED) is 0.689. The molecule has 1 aliphatic rings. The van der Waals surface area contributed by atoms with Crippen molar-refractivity contribution in [1.82, 2.24) is 20.0 Å². The summed E-state index contributed by atoms with van der Waals surface area (Å²) in [6, 6.07) is 13.6. The van der Waals surface area contributed by atoms with E-state index in [-0.39, 0.29) is 6.61 Å². The van der Waals surface area contributed by atoms with Crippen LogP contribution in [0, 0.1) is 0 Å². The fourth-order valence-electron chi connectivity index (χ4n) is 3.07. The Hall–Kier alpha value is -2.93. The van der Waals surface area contributed by atoms with Gasteiger partial charge in [0.2, 0.25) is 5.82 Å². The van der Waals surface area contributed by atoms with E-state index < -0.39 is 0 Å². The summed E-state index contributed by atoms with van der Waals surface area (Å²) in [5.41, 5.74) is 0.809. The van der Waals surface area contributed by atoms with Crippen LogP contribution >= 0.6 is 0 Å². The van der Waals surface area contributed by atoms with Crippen LogP contribution in [0.4, 0.5) is 5.82 Å². The Labute approximate surface area is 158 Å². The van der Waals surface area contributed by atoms with Crippen molar-refractivity contribution in [3.63, 3.8) is 0 Å². The van der Waals surface area contributed by atoms with E-state index in [1.54, 1.807) is 6.20 Å². The highest BCUT2D eigenvalue weighted by Gasteiger charge is 2.15. The molecule has 2 aromatic heterocycles. The second-order valence-corrected chi connectivity index (χ2v) is 6.67. The Morgan fingerprint density at radius 2 is 1.93 bits per heavy atom. The van der Waals surface area contributed by atoms with Gasteiger partial charge in [0.15, 0.2) is 6.61 Å². The molecule has 0 unspecified atom stereocenters. The van der Waals surface area contributed by atoms with Crippen LogP contribution < -0.4 is 9.64 Å². The predicted octanol–water partition coefficient (Wildman–Crippen LogP) is 2.85. The van der Waals surface area contributed by atoms with Crippen LogP contribution in [0.15, 0.2) is 53.2 Å². The lowest BCUT2D eigenvalue weighted by molar-refractivity contribution is 0.287. The first-order valence-electron chi connectivity index (χ1n) is 9.18. The van der Waals surface area contributed by atoms with Gasteiger partial charge in [0.1, 0.15) is 11.6 Å². The van der Waals surface area contributed by atoms with Gasteiger partial charge in [-0.15, -0.1) is 0 Å². The minimum Gasteiger partial charge on any atom is -0.485 e. The van der Waals surface area contributed by atoms with E-state index >= 15 is 0 Å². The maximum Gasteiger partial charge on any atom is 0.259 e. The Morgan fingerprint density at radius 1 is 1.04 bits per heavy atom. The van der Waals surface area contributed by atoms with E-state index in [1.807, 2.05) is 42.5 Å². The van der Waals surface area contributed by atoms with E-state index in [2.05, 4.69) is 32.0 Å². The first kappa shape index (κ1) is 17.5. The molecule has 0 saturated carbocycles. The lowest BCUT2D eigenvalue weighted by Crippen LogP contribution is -2.29. The highest BCUT2D eigenvalue weighted by Crippen LogP contribution is 2.21. The van der Waals surface area contributed by atoms with Crippen molar-refractivity contribution in [2.24, 2.45) is 0 Å². The van der Waals surface area contributed by atoms with Gasteiger partial charge in [-0.25, -0.2) is 4.98 Å². The summed E-state index contributed by atoms with van der Waals surface area (Å²) in [4.78, 5) is 13.7. The van der Waals surface area contributed by atoms with E-state index in [0.717, 1.165) is 49.7 Å². The summed E-state index contributed by atoms with van der Waals surface area (Å²) in [5.74, 6) is 2.73. The van der Waals surface area contributed by atoms with Gasteiger partial charge in [-0.1, -0.05) is 23.4 Å². The number of anilines is 1. The Kier molecular flexibility index (Phi) is 5.29. The van der Waals surface area contributed by atoms with Crippen LogP contribution in [0.5, 0.6) is 5.75 Å². The fraction of sp³-hybridized carbons (Fsp3) is 0.350. The molecule has 0 aliphatic carbocycles. The molecule has 0 N–H and O–H groups in total. The number of rotatable bonds is 5. The third kappa shape index (κ3) is 4.43. The maximum atomic E-state index is 5.65. The molecule has 0 atom stereocenters. The maximum absolute atomic E-state index is 5.65. The van der Waals surface area contributed by atoms with E-state index in [4.69, 9.17) is 9.26 Å². The van der Waals surface area contributed by atoms with Gasteiger partial charge in [0.05, 0.1) is 5.56 Å². The second-order valence-electron chi connectivity index (χ2n) is 6.67. The largest absolute Gasteiger partial charge is 0.485 e. The minimum atomic E-state index is 0.264. The molecule has 27 heavy (non-hydrogen) atoms. The molecule has 1 aliphatic heterocycles. The molecule has 3 heterocycles. The smallest absolute Gasteiger partial charge is 0.259 e. The summed E-state index contributed by atoms with van der Waals surface area (Å²) < 4.78 is 11.0. The number of aromatic nitrogens is 3. The first-order chi connectivity index (χ1) is 13.3. The lowest BCUT2D eigenvalue weighted by atomic mass is 10.2. The zero-order valence-electron chi connectivity index (χ0n) is 15.4. The number of ether oxygens (including phenoxy) is 1. The molecule has 0 spiro atoms. The van der Waals surface area contributed by atoms with E-state index in [0.29, 0.717) is 11.7 Å². The van der Waals surface area contributed by atoms with Crippen molar-refractivity contribution >= 4 is 5.82 Å². The molecule has 0 amide bonds. The Balaban J connectivity index is 1.39. The molecule has 4 rings (SSSR count). The van der Waals surface area contributed by atoms with Gasteiger partial charge in [-0.3, -0.25) is 0 Å². The van der Waals surface area contributed by atoms with Gasteiger partial charge in [-0.2, -0.15) is 4.98 Å². The normalized spacial score (nSPS) is 15.5. The van der Waals surface area contributed by atoms with Crippen LogP contribution in [0.1, 0.15) is 12.2 Å². The van der Waals surface area contributed by atoms with Crippen molar-refractivity contribution in [3.8, 4) is 17.2 Å².